The normalized spacial score (nSPS) is 12.5. The second-order valence-corrected chi connectivity index (χ2v) is 5.08. The summed E-state index contributed by atoms with van der Waals surface area (Å²) in [6, 6.07) is 9.42. The van der Waals surface area contributed by atoms with E-state index in [0.29, 0.717) is 12.4 Å². The Bertz CT molecular complexity index is 697. The topological polar surface area (TPSA) is 57.7 Å². The van der Waals surface area contributed by atoms with Crippen molar-refractivity contribution in [1.82, 2.24) is 4.98 Å². The summed E-state index contributed by atoms with van der Waals surface area (Å²) >= 11 is 0. The van der Waals surface area contributed by atoms with Crippen LogP contribution in [-0.4, -0.2) is 24.4 Å². The number of hydrogen-bond acceptors (Lipinski definition) is 5. The summed E-state index contributed by atoms with van der Waals surface area (Å²) in [5, 5.41) is 0. The second-order valence-electron chi connectivity index (χ2n) is 5.08. The molecule has 5 nitrogen and oxygen atoms in total. The highest BCUT2D eigenvalue weighted by molar-refractivity contribution is 5.87. The molecule has 5 heteroatoms. The Balaban J connectivity index is 1.42. The van der Waals surface area contributed by atoms with Crippen LogP contribution in [0.3, 0.4) is 0 Å². The fourth-order valence-electron chi connectivity index (χ4n) is 2.22. The van der Waals surface area contributed by atoms with Crippen LogP contribution in [0.2, 0.25) is 0 Å². The number of aromatic nitrogens is 1. The van der Waals surface area contributed by atoms with Crippen molar-refractivity contribution in [1.29, 1.82) is 0 Å². The van der Waals surface area contributed by atoms with Gasteiger partial charge in [-0.25, -0.2) is 4.79 Å². The van der Waals surface area contributed by atoms with Gasteiger partial charge in [0, 0.05) is 18.5 Å². The summed E-state index contributed by atoms with van der Waals surface area (Å²) in [5.74, 6) is 1.06. The molecular weight excluding hydrogens is 294 g/mol. The van der Waals surface area contributed by atoms with Crippen LogP contribution < -0.4 is 9.47 Å². The Morgan fingerprint density at radius 1 is 1.26 bits per heavy atom. The van der Waals surface area contributed by atoms with Gasteiger partial charge in [-0.3, -0.25) is 4.98 Å². The highest BCUT2D eigenvalue weighted by Gasteiger charge is 2.12. The summed E-state index contributed by atoms with van der Waals surface area (Å²) in [6.45, 7) is 0.626. The van der Waals surface area contributed by atoms with E-state index in [1.54, 1.807) is 12.3 Å². The molecule has 0 fully saturated rings. The molecule has 1 aliphatic heterocycles. The van der Waals surface area contributed by atoms with Gasteiger partial charge in [-0.2, -0.15) is 0 Å². The molecule has 0 bridgehead atoms. The zero-order chi connectivity index (χ0) is 15.9. The number of nitrogens with zero attached hydrogens (tertiary/aromatic N) is 1. The van der Waals surface area contributed by atoms with E-state index in [1.165, 1.54) is 6.08 Å². The van der Waals surface area contributed by atoms with Crippen molar-refractivity contribution in [3.05, 3.63) is 59.9 Å². The molecule has 1 aliphatic rings. The summed E-state index contributed by atoms with van der Waals surface area (Å²) in [6.07, 6.45) is 8.29. The van der Waals surface area contributed by atoms with Crippen molar-refractivity contribution < 1.29 is 19.0 Å². The lowest BCUT2D eigenvalue weighted by Crippen LogP contribution is -2.03. The third-order valence-electron chi connectivity index (χ3n) is 3.39. The van der Waals surface area contributed by atoms with Gasteiger partial charge in [0.15, 0.2) is 11.5 Å². The monoisotopic (exact) mass is 311 g/mol. The summed E-state index contributed by atoms with van der Waals surface area (Å²) in [4.78, 5) is 15.7. The second kappa shape index (κ2) is 7.45. The minimum atomic E-state index is -0.353. The molecule has 0 saturated carbocycles. The van der Waals surface area contributed by atoms with Crippen molar-refractivity contribution in [2.24, 2.45) is 0 Å². The van der Waals surface area contributed by atoms with Crippen LogP contribution in [0, 0.1) is 0 Å². The Morgan fingerprint density at radius 2 is 2.17 bits per heavy atom. The number of carbonyl (C=O) groups excluding carboxylic acids is 1. The van der Waals surface area contributed by atoms with Gasteiger partial charge < -0.3 is 14.2 Å². The van der Waals surface area contributed by atoms with Crippen molar-refractivity contribution in [3.63, 3.8) is 0 Å². The first-order valence-electron chi connectivity index (χ1n) is 7.45. The zero-order valence-corrected chi connectivity index (χ0v) is 12.6. The third kappa shape index (κ3) is 4.32. The average Bonchev–Trinajstić information content (AvgIpc) is 3.05. The number of aryl methyl sites for hydroxylation is 1. The van der Waals surface area contributed by atoms with E-state index in [-0.39, 0.29) is 12.8 Å². The van der Waals surface area contributed by atoms with Crippen LogP contribution >= 0.6 is 0 Å². The molecule has 0 spiro atoms. The maximum absolute atomic E-state index is 11.7. The van der Waals surface area contributed by atoms with Crippen LogP contribution in [0.15, 0.2) is 48.8 Å². The third-order valence-corrected chi connectivity index (χ3v) is 3.39. The number of benzene rings is 1. The maximum atomic E-state index is 11.7. The van der Waals surface area contributed by atoms with Crippen molar-refractivity contribution in [2.75, 3.05) is 13.4 Å². The molecular formula is C18H17NO4. The molecule has 0 aliphatic carbocycles. The summed E-state index contributed by atoms with van der Waals surface area (Å²) in [5.41, 5.74) is 2.00. The predicted molar refractivity (Wildman–Crippen MR) is 85.1 cm³/mol. The molecule has 1 aromatic carbocycles. The molecule has 0 amide bonds. The fraction of sp³-hybridized carbons (Fsp3) is 0.222. The number of carbonyl (C=O) groups is 1. The van der Waals surface area contributed by atoms with E-state index in [0.717, 1.165) is 29.7 Å². The van der Waals surface area contributed by atoms with Crippen molar-refractivity contribution in [3.8, 4) is 11.5 Å². The van der Waals surface area contributed by atoms with Gasteiger partial charge in [-0.1, -0.05) is 12.1 Å². The molecule has 118 valence electrons. The minimum Gasteiger partial charge on any atom is -0.463 e. The first-order chi connectivity index (χ1) is 11.3. The van der Waals surface area contributed by atoms with Crippen molar-refractivity contribution >= 4 is 12.0 Å². The van der Waals surface area contributed by atoms with Gasteiger partial charge in [0.1, 0.15) is 0 Å². The quantitative estimate of drug-likeness (QED) is 0.466. The number of ether oxygens (including phenoxy) is 3. The summed E-state index contributed by atoms with van der Waals surface area (Å²) in [7, 11) is 0. The Labute approximate surface area is 134 Å². The van der Waals surface area contributed by atoms with Crippen LogP contribution in [0.5, 0.6) is 11.5 Å². The van der Waals surface area contributed by atoms with Crippen LogP contribution in [0.1, 0.15) is 17.5 Å². The first-order valence-corrected chi connectivity index (χ1v) is 7.45. The number of esters is 1. The van der Waals surface area contributed by atoms with Gasteiger partial charge in [0.25, 0.3) is 0 Å². The molecule has 3 rings (SSSR count). The van der Waals surface area contributed by atoms with Crippen LogP contribution in [-0.2, 0) is 16.0 Å². The smallest absolute Gasteiger partial charge is 0.330 e. The van der Waals surface area contributed by atoms with E-state index in [1.807, 2.05) is 36.5 Å². The van der Waals surface area contributed by atoms with Gasteiger partial charge in [0.05, 0.1) is 6.61 Å². The van der Waals surface area contributed by atoms with Gasteiger partial charge in [0.2, 0.25) is 6.79 Å². The van der Waals surface area contributed by atoms with Crippen LogP contribution in [0.25, 0.3) is 6.08 Å². The number of hydrogen-bond donors (Lipinski definition) is 0. The van der Waals surface area contributed by atoms with E-state index in [2.05, 4.69) is 4.98 Å². The van der Waals surface area contributed by atoms with E-state index < -0.39 is 0 Å². The molecule has 0 atom stereocenters. The molecule has 0 saturated heterocycles. The van der Waals surface area contributed by atoms with Gasteiger partial charge in [-0.05, 0) is 48.2 Å². The Hall–Kier alpha value is -2.82. The Kier molecular flexibility index (Phi) is 4.88. The minimum absolute atomic E-state index is 0.238. The highest BCUT2D eigenvalue weighted by atomic mass is 16.7. The summed E-state index contributed by atoms with van der Waals surface area (Å²) < 4.78 is 15.7. The maximum Gasteiger partial charge on any atom is 0.330 e. The average molecular weight is 311 g/mol. The lowest BCUT2D eigenvalue weighted by molar-refractivity contribution is -0.137. The lowest BCUT2D eigenvalue weighted by Gasteiger charge is -2.02. The molecule has 0 N–H and O–H groups in total. The Morgan fingerprint density at radius 3 is 3.04 bits per heavy atom. The number of pyridine rings is 1. The molecule has 0 unspecified atom stereocenters. The zero-order valence-electron chi connectivity index (χ0n) is 12.6. The fourth-order valence-corrected chi connectivity index (χ4v) is 2.22. The number of fused-ring (bicyclic) bond motifs is 1. The number of rotatable bonds is 6. The highest BCUT2D eigenvalue weighted by Crippen LogP contribution is 2.32. The van der Waals surface area contributed by atoms with Gasteiger partial charge in [-0.15, -0.1) is 0 Å². The van der Waals surface area contributed by atoms with Crippen LogP contribution in [0.4, 0.5) is 0 Å². The van der Waals surface area contributed by atoms with Crippen molar-refractivity contribution in [2.45, 2.75) is 12.8 Å². The standard InChI is InChI=1S/C18H17NO4/c20-18(21-10-2-4-15-3-1-9-19-12-15)8-6-14-5-7-16-17(11-14)23-13-22-16/h1,3,5-9,11-12H,2,4,10,13H2/b8-6+. The lowest BCUT2D eigenvalue weighted by atomic mass is 10.2. The SMILES string of the molecule is O=C(/C=C/c1ccc2c(c1)OCO2)OCCCc1cccnc1. The predicted octanol–water partition coefficient (Wildman–Crippen LogP) is 3.00. The van der Waals surface area contributed by atoms with E-state index in [4.69, 9.17) is 14.2 Å². The molecule has 23 heavy (non-hydrogen) atoms. The van der Waals surface area contributed by atoms with Gasteiger partial charge >= 0.3 is 5.97 Å². The van der Waals surface area contributed by atoms with E-state index >= 15 is 0 Å². The largest absolute Gasteiger partial charge is 0.463 e. The molecule has 2 aromatic rings. The molecule has 2 heterocycles. The molecule has 1 aromatic heterocycles. The first kappa shape index (κ1) is 15.1. The van der Waals surface area contributed by atoms with E-state index in [9.17, 15) is 4.79 Å². The molecule has 0 radical (unpaired) electrons.